The van der Waals surface area contributed by atoms with E-state index in [9.17, 15) is 9.18 Å². The van der Waals surface area contributed by atoms with Crippen molar-refractivity contribution in [1.29, 1.82) is 0 Å². The maximum Gasteiger partial charge on any atom is 0.260 e. The highest BCUT2D eigenvalue weighted by Gasteiger charge is 2.32. The summed E-state index contributed by atoms with van der Waals surface area (Å²) in [7, 11) is 0. The second-order valence-corrected chi connectivity index (χ2v) is 9.49. The molecule has 1 N–H and O–H groups in total. The lowest BCUT2D eigenvalue weighted by Gasteiger charge is -2.18. The Morgan fingerprint density at radius 1 is 1.22 bits per heavy atom. The van der Waals surface area contributed by atoms with Crippen LogP contribution in [0, 0.1) is 5.82 Å². The first-order valence-corrected chi connectivity index (χ1v) is 12.0. The van der Waals surface area contributed by atoms with E-state index in [1.165, 1.54) is 6.20 Å². The van der Waals surface area contributed by atoms with Gasteiger partial charge in [0.05, 0.1) is 11.6 Å². The van der Waals surface area contributed by atoms with Gasteiger partial charge in [-0.15, -0.1) is 0 Å². The van der Waals surface area contributed by atoms with E-state index < -0.39 is 11.9 Å². The number of hydrogen-bond acceptors (Lipinski definition) is 6. The zero-order chi connectivity index (χ0) is 25.7. The maximum absolute atomic E-state index is 13.8. The second kappa shape index (κ2) is 11.0. The van der Waals surface area contributed by atoms with Gasteiger partial charge in [0, 0.05) is 24.7 Å². The van der Waals surface area contributed by atoms with Crippen LogP contribution in [0.1, 0.15) is 32.8 Å². The third-order valence-electron chi connectivity index (χ3n) is 5.43. The highest BCUT2D eigenvalue weighted by Crippen LogP contribution is 2.41. The summed E-state index contributed by atoms with van der Waals surface area (Å²) in [5.74, 6) is 1.28. The van der Waals surface area contributed by atoms with Crippen molar-refractivity contribution in [3.63, 3.8) is 0 Å². The molecule has 1 atom stereocenters. The molecular weight excluding hydrogens is 487 g/mol. The molecule has 2 heterocycles. The Bertz CT molecular complexity index is 1220. The molecule has 1 amide bonds. The fraction of sp³-hybridized carbons (Fsp3) is 0.333. The van der Waals surface area contributed by atoms with Crippen LogP contribution in [0.3, 0.4) is 0 Å². The Morgan fingerprint density at radius 3 is 2.72 bits per heavy atom. The van der Waals surface area contributed by atoms with Crippen LogP contribution in [0.5, 0.6) is 28.9 Å². The molecule has 0 aliphatic carbocycles. The van der Waals surface area contributed by atoms with Gasteiger partial charge in [0.15, 0.2) is 23.4 Å². The number of nitrogens with zero attached hydrogens (tertiary/aromatic N) is 1. The van der Waals surface area contributed by atoms with Crippen molar-refractivity contribution in [1.82, 2.24) is 10.3 Å². The van der Waals surface area contributed by atoms with Crippen molar-refractivity contribution in [2.45, 2.75) is 45.3 Å². The zero-order valence-corrected chi connectivity index (χ0v) is 21.1. The number of amides is 1. The number of carbonyl (C=O) groups is 1. The van der Waals surface area contributed by atoms with Gasteiger partial charge in [-0.25, -0.2) is 9.37 Å². The monoisotopic (exact) mass is 514 g/mol. The Labute approximate surface area is 214 Å². The van der Waals surface area contributed by atoms with Crippen LogP contribution in [-0.4, -0.2) is 35.7 Å². The minimum Gasteiger partial charge on any atom is -0.490 e. The van der Waals surface area contributed by atoms with E-state index in [4.69, 9.17) is 30.5 Å². The topological polar surface area (TPSA) is 78.9 Å². The minimum atomic E-state index is -0.707. The van der Waals surface area contributed by atoms with Gasteiger partial charge in [-0.3, -0.25) is 4.79 Å². The molecule has 7 nitrogen and oxygen atoms in total. The third kappa shape index (κ3) is 6.57. The lowest BCUT2D eigenvalue weighted by Crippen LogP contribution is -2.37. The van der Waals surface area contributed by atoms with Gasteiger partial charge < -0.3 is 24.3 Å². The van der Waals surface area contributed by atoms with Crippen LogP contribution in [-0.2, 0) is 11.2 Å². The standard InChI is InChI=1S/C27H28ClFN2O5/c1-17(34-20-8-10-21(11-9-20)35-26-22(29)14-19(28)16-31-26)25(32)30-12-5-13-33-23-7-4-6-18-15-27(2,3)36-24(18)23/h4,6-11,14,16-17H,5,12-13,15H2,1-3H3,(H,30,32). The number of hydrogen-bond donors (Lipinski definition) is 1. The number of benzene rings is 2. The van der Waals surface area contributed by atoms with Gasteiger partial charge in [0.25, 0.3) is 11.8 Å². The average molecular weight is 515 g/mol. The molecular formula is C27H28ClFN2O5. The summed E-state index contributed by atoms with van der Waals surface area (Å²) in [5.41, 5.74) is 0.913. The molecule has 0 bridgehead atoms. The van der Waals surface area contributed by atoms with Crippen molar-refractivity contribution in [3.05, 3.63) is 71.1 Å². The first-order chi connectivity index (χ1) is 17.2. The number of nitrogens with one attached hydrogen (secondary N) is 1. The lowest BCUT2D eigenvalue weighted by atomic mass is 10.0. The fourth-order valence-corrected chi connectivity index (χ4v) is 3.89. The van der Waals surface area contributed by atoms with Gasteiger partial charge >= 0.3 is 0 Å². The summed E-state index contributed by atoms with van der Waals surface area (Å²) in [6.07, 6.45) is 2.07. The van der Waals surface area contributed by atoms with Gasteiger partial charge in [-0.1, -0.05) is 23.7 Å². The molecule has 190 valence electrons. The minimum absolute atomic E-state index is 0.182. The fourth-order valence-electron chi connectivity index (χ4n) is 3.74. The number of pyridine rings is 1. The molecule has 0 fully saturated rings. The Hall–Kier alpha value is -3.52. The second-order valence-electron chi connectivity index (χ2n) is 9.05. The number of ether oxygens (including phenoxy) is 4. The SMILES string of the molecule is CC(Oc1ccc(Oc2ncc(Cl)cc2F)cc1)C(=O)NCCCOc1cccc2c1OC(C)(C)C2. The van der Waals surface area contributed by atoms with Crippen molar-refractivity contribution < 1.29 is 28.1 Å². The van der Waals surface area contributed by atoms with E-state index in [-0.39, 0.29) is 22.4 Å². The van der Waals surface area contributed by atoms with E-state index in [0.29, 0.717) is 31.1 Å². The molecule has 0 spiro atoms. The summed E-state index contributed by atoms with van der Waals surface area (Å²) < 4.78 is 36.9. The van der Waals surface area contributed by atoms with Crippen LogP contribution in [0.4, 0.5) is 4.39 Å². The predicted octanol–water partition coefficient (Wildman–Crippen LogP) is 5.73. The normalized spacial score (nSPS) is 14.4. The molecule has 1 aromatic heterocycles. The number of para-hydroxylation sites is 1. The molecule has 3 aromatic rings. The molecule has 1 aliphatic heterocycles. The first kappa shape index (κ1) is 25.6. The van der Waals surface area contributed by atoms with Crippen molar-refractivity contribution in [2.75, 3.05) is 13.2 Å². The summed E-state index contributed by atoms with van der Waals surface area (Å²) in [4.78, 5) is 16.2. The molecule has 0 saturated heterocycles. The van der Waals surface area contributed by atoms with Gasteiger partial charge in [-0.2, -0.15) is 0 Å². The third-order valence-corrected chi connectivity index (χ3v) is 5.63. The molecule has 0 saturated carbocycles. The number of aromatic nitrogens is 1. The highest BCUT2D eigenvalue weighted by atomic mass is 35.5. The van der Waals surface area contributed by atoms with E-state index in [2.05, 4.69) is 30.2 Å². The Kier molecular flexibility index (Phi) is 7.84. The quantitative estimate of drug-likeness (QED) is 0.348. The van der Waals surface area contributed by atoms with Crippen LogP contribution in [0.2, 0.25) is 5.02 Å². The lowest BCUT2D eigenvalue weighted by molar-refractivity contribution is -0.127. The van der Waals surface area contributed by atoms with E-state index in [1.54, 1.807) is 31.2 Å². The van der Waals surface area contributed by atoms with Crippen LogP contribution in [0.25, 0.3) is 0 Å². The highest BCUT2D eigenvalue weighted by molar-refractivity contribution is 6.30. The van der Waals surface area contributed by atoms with Crippen molar-refractivity contribution >= 4 is 17.5 Å². The number of halogens is 2. The molecule has 2 aromatic carbocycles. The van der Waals surface area contributed by atoms with Crippen LogP contribution >= 0.6 is 11.6 Å². The van der Waals surface area contributed by atoms with Crippen LogP contribution in [0.15, 0.2) is 54.7 Å². The maximum atomic E-state index is 13.8. The van der Waals surface area contributed by atoms with E-state index >= 15 is 0 Å². The predicted molar refractivity (Wildman–Crippen MR) is 134 cm³/mol. The van der Waals surface area contributed by atoms with Gasteiger partial charge in [0.2, 0.25) is 0 Å². The number of carbonyl (C=O) groups excluding carboxylic acids is 1. The van der Waals surface area contributed by atoms with Gasteiger partial charge in [0.1, 0.15) is 17.1 Å². The molecule has 1 aliphatic rings. The number of rotatable bonds is 10. The summed E-state index contributed by atoms with van der Waals surface area (Å²) in [6.45, 7) is 6.66. The van der Waals surface area contributed by atoms with Crippen molar-refractivity contribution in [3.8, 4) is 28.9 Å². The Morgan fingerprint density at radius 2 is 1.97 bits per heavy atom. The zero-order valence-electron chi connectivity index (χ0n) is 20.3. The van der Waals surface area contributed by atoms with Crippen molar-refractivity contribution in [2.24, 2.45) is 0 Å². The van der Waals surface area contributed by atoms with E-state index in [1.807, 2.05) is 12.1 Å². The van der Waals surface area contributed by atoms with E-state index in [0.717, 1.165) is 29.5 Å². The average Bonchev–Trinajstić information content (AvgIpc) is 3.16. The molecule has 9 heteroatoms. The smallest absolute Gasteiger partial charge is 0.260 e. The summed E-state index contributed by atoms with van der Waals surface area (Å²) >= 11 is 5.70. The Balaban J connectivity index is 1.18. The van der Waals surface area contributed by atoms with Crippen LogP contribution < -0.4 is 24.3 Å². The molecule has 36 heavy (non-hydrogen) atoms. The summed E-state index contributed by atoms with van der Waals surface area (Å²) in [6, 6.07) is 13.5. The first-order valence-electron chi connectivity index (χ1n) is 11.7. The van der Waals surface area contributed by atoms with Gasteiger partial charge in [-0.05, 0) is 63.6 Å². The molecule has 4 rings (SSSR count). The number of fused-ring (bicyclic) bond motifs is 1. The molecule has 0 radical (unpaired) electrons. The molecule has 1 unspecified atom stereocenters. The largest absolute Gasteiger partial charge is 0.490 e. The summed E-state index contributed by atoms with van der Waals surface area (Å²) in [5, 5.41) is 3.03.